The standard InChI is InChI=1S/C54H34N2O2/c1-3-14-38(15-4-1)55(39-16-5-2-6-17-39)40-32-37(35-26-28-36(29-27-35)42-21-13-22-44-43-18-8-11-24-49(43)58-54(42)44)33-41(34-40)56-47-23-10-7-19-45(47)52-48(56)30-31-51-53(52)46-20-9-12-25-50(46)57-51/h1-34H. The Kier molecular flexibility index (Phi) is 7.20. The van der Waals surface area contributed by atoms with Gasteiger partial charge in [0.1, 0.15) is 22.3 Å². The Morgan fingerprint density at radius 3 is 1.72 bits per heavy atom. The van der Waals surface area contributed by atoms with Crippen LogP contribution in [0.5, 0.6) is 0 Å². The molecule has 4 heteroatoms. The van der Waals surface area contributed by atoms with Crippen molar-refractivity contribution >= 4 is 82.7 Å². The molecule has 0 spiro atoms. The van der Waals surface area contributed by atoms with Crippen LogP contribution in [0.1, 0.15) is 0 Å². The number of hydrogen-bond donors (Lipinski definition) is 0. The molecule has 0 aliphatic rings. The van der Waals surface area contributed by atoms with Gasteiger partial charge in [0.25, 0.3) is 0 Å². The summed E-state index contributed by atoms with van der Waals surface area (Å²) in [5.41, 5.74) is 14.6. The zero-order valence-corrected chi connectivity index (χ0v) is 31.3. The maximum absolute atomic E-state index is 6.44. The van der Waals surface area contributed by atoms with Crippen molar-refractivity contribution in [1.82, 2.24) is 4.57 Å². The summed E-state index contributed by atoms with van der Waals surface area (Å²) in [6.07, 6.45) is 0. The number of nitrogens with zero attached hydrogens (tertiary/aromatic N) is 2. The van der Waals surface area contributed by atoms with Crippen LogP contribution in [0.2, 0.25) is 0 Å². The SMILES string of the molecule is c1ccc(N(c2ccccc2)c2cc(-c3ccc(-c4cccc5c4oc4ccccc45)cc3)cc(-n3c4ccccc4c4c5c(ccc43)oc3ccccc35)c2)cc1. The van der Waals surface area contributed by atoms with Crippen LogP contribution in [0.15, 0.2) is 215 Å². The van der Waals surface area contributed by atoms with Gasteiger partial charge >= 0.3 is 0 Å². The average molecular weight is 743 g/mol. The van der Waals surface area contributed by atoms with Crippen molar-refractivity contribution in [2.75, 3.05) is 4.90 Å². The fourth-order valence-corrected chi connectivity index (χ4v) is 8.99. The number of para-hydroxylation sites is 6. The molecule has 58 heavy (non-hydrogen) atoms. The van der Waals surface area contributed by atoms with E-state index in [0.29, 0.717) is 0 Å². The summed E-state index contributed by atoms with van der Waals surface area (Å²) in [6.45, 7) is 0. The van der Waals surface area contributed by atoms with Gasteiger partial charge in [0.05, 0.1) is 11.0 Å². The molecule has 0 bridgehead atoms. The quantitative estimate of drug-likeness (QED) is 0.170. The lowest BCUT2D eigenvalue weighted by Crippen LogP contribution is -2.10. The minimum atomic E-state index is 0.892. The van der Waals surface area contributed by atoms with Crippen LogP contribution >= 0.6 is 0 Å². The molecule has 3 heterocycles. The first-order valence-corrected chi connectivity index (χ1v) is 19.7. The highest BCUT2D eigenvalue weighted by Crippen LogP contribution is 2.44. The van der Waals surface area contributed by atoms with Gasteiger partial charge in [-0.05, 0) is 89.5 Å². The van der Waals surface area contributed by atoms with Crippen molar-refractivity contribution in [3.8, 4) is 27.9 Å². The van der Waals surface area contributed by atoms with Gasteiger partial charge in [-0.3, -0.25) is 0 Å². The zero-order chi connectivity index (χ0) is 38.2. The van der Waals surface area contributed by atoms with Gasteiger partial charge in [0.2, 0.25) is 0 Å². The second-order valence-corrected chi connectivity index (χ2v) is 14.9. The fraction of sp³-hybridized carbons (Fsp3) is 0. The Morgan fingerprint density at radius 2 is 0.966 bits per heavy atom. The summed E-state index contributed by atoms with van der Waals surface area (Å²) in [7, 11) is 0. The summed E-state index contributed by atoms with van der Waals surface area (Å²) in [5.74, 6) is 0. The molecule has 0 aliphatic heterocycles. The molecule has 0 saturated carbocycles. The van der Waals surface area contributed by atoms with Gasteiger partial charge in [0.15, 0.2) is 0 Å². The molecule has 0 N–H and O–H groups in total. The number of furan rings is 2. The smallest absolute Gasteiger partial charge is 0.143 e. The first kappa shape index (κ1) is 32.4. The Balaban J connectivity index is 1.10. The maximum Gasteiger partial charge on any atom is 0.143 e. The lowest BCUT2D eigenvalue weighted by molar-refractivity contribution is 0.669. The molecular formula is C54H34N2O2. The Morgan fingerprint density at radius 1 is 0.345 bits per heavy atom. The summed E-state index contributed by atoms with van der Waals surface area (Å²) < 4.78 is 15.3. The van der Waals surface area contributed by atoms with Crippen molar-refractivity contribution in [2.45, 2.75) is 0 Å². The second-order valence-electron chi connectivity index (χ2n) is 14.9. The molecule has 0 saturated heterocycles. The molecule has 0 atom stereocenters. The maximum atomic E-state index is 6.44. The van der Waals surface area contributed by atoms with Crippen LogP contribution in [-0.2, 0) is 0 Å². The van der Waals surface area contributed by atoms with E-state index in [2.05, 4.69) is 198 Å². The Bertz CT molecular complexity index is 3460. The molecule has 0 aliphatic carbocycles. The molecule has 272 valence electrons. The number of aromatic nitrogens is 1. The Labute approximate surface area is 334 Å². The van der Waals surface area contributed by atoms with Gasteiger partial charge in [0, 0.05) is 60.6 Å². The third-order valence-corrected chi connectivity index (χ3v) is 11.6. The van der Waals surface area contributed by atoms with Crippen LogP contribution in [0, 0.1) is 0 Å². The molecular weight excluding hydrogens is 709 g/mol. The summed E-state index contributed by atoms with van der Waals surface area (Å²) in [5, 5.41) is 6.91. The van der Waals surface area contributed by atoms with E-state index < -0.39 is 0 Å². The fourth-order valence-electron chi connectivity index (χ4n) is 8.99. The lowest BCUT2D eigenvalue weighted by atomic mass is 9.98. The van der Waals surface area contributed by atoms with E-state index in [-0.39, 0.29) is 0 Å². The van der Waals surface area contributed by atoms with Crippen molar-refractivity contribution in [3.05, 3.63) is 206 Å². The molecule has 4 nitrogen and oxygen atoms in total. The van der Waals surface area contributed by atoms with Crippen molar-refractivity contribution < 1.29 is 8.83 Å². The molecule has 0 amide bonds. The molecule has 0 radical (unpaired) electrons. The van der Waals surface area contributed by atoms with E-state index >= 15 is 0 Å². The lowest BCUT2D eigenvalue weighted by Gasteiger charge is -2.27. The third kappa shape index (κ3) is 5.02. The zero-order valence-electron chi connectivity index (χ0n) is 31.3. The van der Waals surface area contributed by atoms with Gasteiger partial charge in [-0.25, -0.2) is 0 Å². The first-order chi connectivity index (χ1) is 28.8. The van der Waals surface area contributed by atoms with E-state index in [4.69, 9.17) is 8.83 Å². The average Bonchev–Trinajstić information content (AvgIpc) is 3.97. The molecule has 12 rings (SSSR count). The normalized spacial score (nSPS) is 11.8. The van der Waals surface area contributed by atoms with Crippen LogP contribution in [0.3, 0.4) is 0 Å². The Hall–Kier alpha value is -7.82. The number of benzene rings is 9. The van der Waals surface area contributed by atoms with Crippen molar-refractivity contribution in [1.29, 1.82) is 0 Å². The van der Waals surface area contributed by atoms with Gasteiger partial charge in [-0.2, -0.15) is 0 Å². The highest BCUT2D eigenvalue weighted by atomic mass is 16.3. The largest absolute Gasteiger partial charge is 0.456 e. The van der Waals surface area contributed by atoms with Crippen LogP contribution in [0.25, 0.3) is 93.6 Å². The highest BCUT2D eigenvalue weighted by Gasteiger charge is 2.21. The summed E-state index contributed by atoms with van der Waals surface area (Å²) in [4.78, 5) is 2.35. The van der Waals surface area contributed by atoms with Gasteiger partial charge < -0.3 is 18.3 Å². The number of rotatable bonds is 6. The number of fused-ring (bicyclic) bond motifs is 10. The van der Waals surface area contributed by atoms with Gasteiger partial charge in [-0.1, -0.05) is 133 Å². The molecule has 0 fully saturated rings. The predicted octanol–water partition coefficient (Wildman–Crippen LogP) is 15.4. The summed E-state index contributed by atoms with van der Waals surface area (Å²) >= 11 is 0. The van der Waals surface area contributed by atoms with E-state index in [9.17, 15) is 0 Å². The molecule has 0 unspecified atom stereocenters. The molecule has 12 aromatic rings. The third-order valence-electron chi connectivity index (χ3n) is 11.6. The second kappa shape index (κ2) is 12.9. The van der Waals surface area contributed by atoms with Crippen molar-refractivity contribution in [3.63, 3.8) is 0 Å². The van der Waals surface area contributed by atoms with Crippen LogP contribution < -0.4 is 4.90 Å². The van der Waals surface area contributed by atoms with E-state index in [1.807, 2.05) is 18.2 Å². The summed E-state index contributed by atoms with van der Waals surface area (Å²) in [6, 6.07) is 73.2. The van der Waals surface area contributed by atoms with E-state index in [1.165, 1.54) is 10.8 Å². The number of anilines is 3. The van der Waals surface area contributed by atoms with Crippen molar-refractivity contribution in [2.24, 2.45) is 0 Å². The number of hydrogen-bond acceptors (Lipinski definition) is 3. The van der Waals surface area contributed by atoms with Crippen LogP contribution in [0.4, 0.5) is 17.1 Å². The highest BCUT2D eigenvalue weighted by molar-refractivity contribution is 6.27. The first-order valence-electron chi connectivity index (χ1n) is 19.7. The van der Waals surface area contributed by atoms with Crippen LogP contribution in [-0.4, -0.2) is 4.57 Å². The molecule has 3 aromatic heterocycles. The minimum absolute atomic E-state index is 0.892. The molecule has 9 aromatic carbocycles. The minimum Gasteiger partial charge on any atom is -0.456 e. The van der Waals surface area contributed by atoms with Gasteiger partial charge in [-0.15, -0.1) is 0 Å². The van der Waals surface area contributed by atoms with E-state index in [0.717, 1.165) is 99.9 Å². The topological polar surface area (TPSA) is 34.5 Å². The van der Waals surface area contributed by atoms with E-state index in [1.54, 1.807) is 0 Å². The predicted molar refractivity (Wildman–Crippen MR) is 241 cm³/mol. The monoisotopic (exact) mass is 742 g/mol.